The molecule has 0 aromatic rings. The Morgan fingerprint density at radius 3 is 2.41 bits per heavy atom. The van der Waals surface area contributed by atoms with Crippen LogP contribution < -0.4 is 21.7 Å². The van der Waals surface area contributed by atoms with Gasteiger partial charge in [-0.3, -0.25) is 19.2 Å². The highest BCUT2D eigenvalue weighted by Gasteiger charge is 2.35. The molecule has 3 atom stereocenters. The number of thioether (sulfide) groups is 1. The lowest BCUT2D eigenvalue weighted by Crippen LogP contribution is -2.55. The molecule has 1 aliphatic rings. The number of carbonyl (C=O) groups excluding carboxylic acids is 4. The van der Waals surface area contributed by atoms with E-state index in [9.17, 15) is 29.1 Å². The second-order valence-corrected chi connectivity index (χ2v) is 9.08. The fourth-order valence-electron chi connectivity index (χ4n) is 3.45. The lowest BCUT2D eigenvalue weighted by Gasteiger charge is -2.26. The molecule has 0 aromatic heterocycles. The van der Waals surface area contributed by atoms with Gasteiger partial charge in [0, 0.05) is 6.54 Å². The van der Waals surface area contributed by atoms with E-state index in [1.54, 1.807) is 0 Å². The van der Waals surface area contributed by atoms with Crippen molar-refractivity contribution in [1.82, 2.24) is 20.9 Å². The summed E-state index contributed by atoms with van der Waals surface area (Å²) in [6.45, 7) is 3.62. The zero-order chi connectivity index (χ0) is 24.3. The van der Waals surface area contributed by atoms with Crippen molar-refractivity contribution < 1.29 is 29.1 Å². The van der Waals surface area contributed by atoms with E-state index in [2.05, 4.69) is 16.0 Å². The summed E-state index contributed by atoms with van der Waals surface area (Å²) in [5.41, 5.74) is 5.41. The number of nitrogens with zero attached hydrogens (tertiary/aromatic N) is 1. The van der Waals surface area contributed by atoms with E-state index in [1.807, 2.05) is 20.1 Å². The Morgan fingerprint density at radius 2 is 1.84 bits per heavy atom. The van der Waals surface area contributed by atoms with Gasteiger partial charge in [0.05, 0.1) is 13.1 Å². The zero-order valence-corrected chi connectivity index (χ0v) is 19.7. The van der Waals surface area contributed by atoms with Crippen molar-refractivity contribution in [2.75, 3.05) is 31.6 Å². The fourth-order valence-corrected chi connectivity index (χ4v) is 3.93. The summed E-state index contributed by atoms with van der Waals surface area (Å²) in [4.78, 5) is 62.2. The van der Waals surface area contributed by atoms with E-state index in [0.29, 0.717) is 31.6 Å². The molecule has 0 bridgehead atoms. The lowest BCUT2D eigenvalue weighted by atomic mass is 10.0. The van der Waals surface area contributed by atoms with Crippen LogP contribution in [-0.4, -0.2) is 89.4 Å². The normalized spacial score (nSPS) is 17.5. The van der Waals surface area contributed by atoms with Gasteiger partial charge in [-0.1, -0.05) is 13.8 Å². The van der Waals surface area contributed by atoms with Crippen molar-refractivity contribution in [3.05, 3.63) is 0 Å². The second kappa shape index (κ2) is 13.9. The highest BCUT2D eigenvalue weighted by Crippen LogP contribution is 2.18. The van der Waals surface area contributed by atoms with Gasteiger partial charge in [-0.25, -0.2) is 4.79 Å². The monoisotopic (exact) mass is 473 g/mol. The van der Waals surface area contributed by atoms with Crippen LogP contribution in [0.2, 0.25) is 0 Å². The molecule has 1 heterocycles. The van der Waals surface area contributed by atoms with Gasteiger partial charge < -0.3 is 31.7 Å². The number of nitrogens with one attached hydrogen (secondary N) is 3. The van der Waals surface area contributed by atoms with Crippen molar-refractivity contribution in [2.45, 2.75) is 57.7 Å². The van der Waals surface area contributed by atoms with Gasteiger partial charge in [-0.2, -0.15) is 11.8 Å². The Kier molecular flexibility index (Phi) is 12.1. The fraction of sp³-hybridized carbons (Fsp3) is 0.750. The molecule has 0 aliphatic carbocycles. The Labute approximate surface area is 192 Å². The van der Waals surface area contributed by atoms with Gasteiger partial charge in [0.2, 0.25) is 23.6 Å². The first-order valence-electron chi connectivity index (χ1n) is 10.7. The van der Waals surface area contributed by atoms with Crippen molar-refractivity contribution in [1.29, 1.82) is 0 Å². The summed E-state index contributed by atoms with van der Waals surface area (Å²) >= 11 is 1.47. The second-order valence-electron chi connectivity index (χ2n) is 8.10. The SMILES string of the molecule is CSCC[C@H](NC(=O)CNC(=O)[C@H](CC(C)C)NC(=O)[C@@H]1CCCN1C(=O)CN)C(=O)O. The number of nitrogens with two attached hydrogens (primary N) is 1. The molecule has 6 N–H and O–H groups in total. The smallest absolute Gasteiger partial charge is 0.326 e. The maximum absolute atomic E-state index is 12.8. The summed E-state index contributed by atoms with van der Waals surface area (Å²) in [5, 5.41) is 16.7. The molecule has 0 unspecified atom stereocenters. The largest absolute Gasteiger partial charge is 0.480 e. The molecule has 0 saturated carbocycles. The van der Waals surface area contributed by atoms with Crippen LogP contribution in [0.25, 0.3) is 0 Å². The topological polar surface area (TPSA) is 171 Å². The van der Waals surface area contributed by atoms with Crippen molar-refractivity contribution in [3.8, 4) is 0 Å². The summed E-state index contributed by atoms with van der Waals surface area (Å²) in [7, 11) is 0. The molecular formula is C20H35N5O6S. The van der Waals surface area contributed by atoms with Crippen LogP contribution in [0.5, 0.6) is 0 Å². The molecule has 32 heavy (non-hydrogen) atoms. The van der Waals surface area contributed by atoms with Crippen LogP contribution in [0.15, 0.2) is 0 Å². The standard InChI is InChI=1S/C20H35N5O6S/c1-12(2)9-14(24-19(29)15-5-4-7-25(15)17(27)10-21)18(28)22-11-16(26)23-13(20(30)31)6-8-32-3/h12-15H,4-11,21H2,1-3H3,(H,22,28)(H,23,26)(H,24,29)(H,30,31)/t13-,14-,15-/m0/s1. The maximum Gasteiger partial charge on any atom is 0.326 e. The number of amides is 4. The molecule has 1 saturated heterocycles. The Balaban J connectivity index is 2.69. The van der Waals surface area contributed by atoms with Gasteiger partial charge >= 0.3 is 5.97 Å². The van der Waals surface area contributed by atoms with Crippen LogP contribution in [0.4, 0.5) is 0 Å². The van der Waals surface area contributed by atoms with Crippen LogP contribution in [0.1, 0.15) is 39.5 Å². The van der Waals surface area contributed by atoms with E-state index in [1.165, 1.54) is 16.7 Å². The van der Waals surface area contributed by atoms with Crippen LogP contribution in [-0.2, 0) is 24.0 Å². The summed E-state index contributed by atoms with van der Waals surface area (Å²) in [6, 6.07) is -2.60. The number of rotatable bonds is 13. The van der Waals surface area contributed by atoms with Crippen LogP contribution >= 0.6 is 11.8 Å². The number of carboxylic acids is 1. The Morgan fingerprint density at radius 1 is 1.16 bits per heavy atom. The first-order valence-corrected chi connectivity index (χ1v) is 12.1. The number of aliphatic carboxylic acids is 1. The highest BCUT2D eigenvalue weighted by molar-refractivity contribution is 7.98. The number of likely N-dealkylation sites (tertiary alicyclic amines) is 1. The number of hydrogen-bond acceptors (Lipinski definition) is 7. The van der Waals surface area contributed by atoms with Crippen molar-refractivity contribution >= 4 is 41.4 Å². The Bertz CT molecular complexity index is 689. The van der Waals surface area contributed by atoms with Crippen molar-refractivity contribution in [3.63, 3.8) is 0 Å². The molecule has 182 valence electrons. The first kappa shape index (κ1) is 27.7. The average Bonchev–Trinajstić information content (AvgIpc) is 3.23. The molecular weight excluding hydrogens is 438 g/mol. The summed E-state index contributed by atoms with van der Waals surface area (Å²) in [5.74, 6) is -2.43. The van der Waals surface area contributed by atoms with E-state index in [0.717, 1.165) is 0 Å². The third kappa shape index (κ3) is 9.03. The average molecular weight is 474 g/mol. The molecule has 1 fully saturated rings. The number of hydrogen-bond donors (Lipinski definition) is 5. The first-order chi connectivity index (χ1) is 15.1. The zero-order valence-electron chi connectivity index (χ0n) is 18.9. The minimum absolute atomic E-state index is 0.0770. The lowest BCUT2D eigenvalue weighted by molar-refractivity contribution is -0.141. The van der Waals surface area contributed by atoms with E-state index in [-0.39, 0.29) is 24.8 Å². The number of carboxylic acid groups (broad SMARTS) is 1. The minimum atomic E-state index is -1.14. The number of carbonyl (C=O) groups is 5. The molecule has 11 nitrogen and oxygen atoms in total. The van der Waals surface area contributed by atoms with E-state index >= 15 is 0 Å². The minimum Gasteiger partial charge on any atom is -0.480 e. The predicted molar refractivity (Wildman–Crippen MR) is 121 cm³/mol. The van der Waals surface area contributed by atoms with Crippen LogP contribution in [0.3, 0.4) is 0 Å². The van der Waals surface area contributed by atoms with Crippen LogP contribution in [0, 0.1) is 5.92 Å². The molecule has 1 aliphatic heterocycles. The molecule has 12 heteroatoms. The van der Waals surface area contributed by atoms with Gasteiger partial charge in [-0.05, 0) is 43.6 Å². The van der Waals surface area contributed by atoms with Gasteiger partial charge in [0.15, 0.2) is 0 Å². The highest BCUT2D eigenvalue weighted by atomic mass is 32.2. The van der Waals surface area contributed by atoms with Gasteiger partial charge in [-0.15, -0.1) is 0 Å². The molecule has 0 radical (unpaired) electrons. The Hall–Kier alpha value is -2.34. The molecule has 1 rings (SSSR count). The van der Waals surface area contributed by atoms with Gasteiger partial charge in [0.25, 0.3) is 0 Å². The molecule has 0 spiro atoms. The summed E-state index contributed by atoms with van der Waals surface area (Å²) < 4.78 is 0. The third-order valence-corrected chi connectivity index (χ3v) is 5.70. The quantitative estimate of drug-likeness (QED) is 0.224. The summed E-state index contributed by atoms with van der Waals surface area (Å²) in [6.07, 6.45) is 3.60. The maximum atomic E-state index is 12.8. The van der Waals surface area contributed by atoms with Gasteiger partial charge in [0.1, 0.15) is 18.1 Å². The predicted octanol–water partition coefficient (Wildman–Crippen LogP) is -1.09. The van der Waals surface area contributed by atoms with E-state index < -0.39 is 48.4 Å². The molecule has 4 amide bonds. The third-order valence-electron chi connectivity index (χ3n) is 5.06. The van der Waals surface area contributed by atoms with Crippen molar-refractivity contribution in [2.24, 2.45) is 11.7 Å². The molecule has 0 aromatic carbocycles. The van der Waals surface area contributed by atoms with E-state index in [4.69, 9.17) is 5.73 Å².